The summed E-state index contributed by atoms with van der Waals surface area (Å²) in [7, 11) is 0. The van der Waals surface area contributed by atoms with E-state index < -0.39 is 0 Å². The molecule has 0 spiro atoms. The molecule has 2 aromatic heterocycles. The molecule has 5 heterocycles. The molecule has 2 N–H and O–H groups in total. The fraction of sp³-hybridized carbons (Fsp3) is 0.125. The van der Waals surface area contributed by atoms with Crippen LogP contribution in [0, 0.1) is 27.7 Å². The molecule has 3 aliphatic heterocycles. The summed E-state index contributed by atoms with van der Waals surface area (Å²) in [6, 6.07) is 39.0. The number of aromatic nitrogens is 4. The van der Waals surface area contributed by atoms with Crippen LogP contribution in [-0.2, 0) is 12.8 Å². The first-order chi connectivity index (χ1) is 25.4. The highest BCUT2D eigenvalue weighted by molar-refractivity contribution is 5.97. The highest BCUT2D eigenvalue weighted by atomic mass is 14.8. The summed E-state index contributed by atoms with van der Waals surface area (Å²) in [6.45, 7) is 8.75. The zero-order valence-corrected chi connectivity index (χ0v) is 30.0. The summed E-state index contributed by atoms with van der Waals surface area (Å²) in [5, 5.41) is 0. The number of nitrogens with zero attached hydrogens (tertiary/aromatic N) is 2. The number of fused-ring (bicyclic) bond motifs is 8. The summed E-state index contributed by atoms with van der Waals surface area (Å²) < 4.78 is 0. The molecular formula is C48H40N4. The minimum Gasteiger partial charge on any atom is -0.361 e. The van der Waals surface area contributed by atoms with Gasteiger partial charge < -0.3 is 9.97 Å². The van der Waals surface area contributed by atoms with Crippen molar-refractivity contribution < 1.29 is 0 Å². The first kappa shape index (κ1) is 31.7. The van der Waals surface area contributed by atoms with Crippen LogP contribution in [0.1, 0.15) is 56.4 Å². The van der Waals surface area contributed by atoms with Gasteiger partial charge in [-0.05, 0) is 121 Å². The van der Waals surface area contributed by atoms with E-state index in [-0.39, 0.29) is 0 Å². The minimum atomic E-state index is 0.874. The Hall–Kier alpha value is -6.26. The van der Waals surface area contributed by atoms with E-state index in [0.717, 1.165) is 80.0 Å². The maximum atomic E-state index is 5.49. The van der Waals surface area contributed by atoms with Crippen molar-refractivity contribution in [3.63, 3.8) is 0 Å². The van der Waals surface area contributed by atoms with Gasteiger partial charge in [-0.2, -0.15) is 0 Å². The van der Waals surface area contributed by atoms with Gasteiger partial charge >= 0.3 is 0 Å². The van der Waals surface area contributed by atoms with Crippen LogP contribution in [-0.4, -0.2) is 19.9 Å². The Morgan fingerprint density at radius 3 is 1.02 bits per heavy atom. The van der Waals surface area contributed by atoms with Crippen LogP contribution < -0.4 is 0 Å². The Bertz CT molecular complexity index is 2500. The molecule has 6 aromatic rings. The molecule has 0 amide bonds. The van der Waals surface area contributed by atoms with E-state index in [1.807, 2.05) is 0 Å². The monoisotopic (exact) mass is 672 g/mol. The van der Waals surface area contributed by atoms with Crippen LogP contribution in [0.15, 0.2) is 109 Å². The quantitative estimate of drug-likeness (QED) is 0.195. The third kappa shape index (κ3) is 5.39. The Kier molecular flexibility index (Phi) is 7.81. The van der Waals surface area contributed by atoms with Crippen LogP contribution in [0.25, 0.3) is 79.8 Å². The highest BCUT2D eigenvalue weighted by Gasteiger charge is 2.23. The first-order valence-electron chi connectivity index (χ1n) is 18.1. The smallest absolute Gasteiger partial charge is 0.0737 e. The predicted octanol–water partition coefficient (Wildman–Crippen LogP) is 12.1. The van der Waals surface area contributed by atoms with Gasteiger partial charge in [0, 0.05) is 44.7 Å². The lowest BCUT2D eigenvalue weighted by molar-refractivity contribution is 1.02. The van der Waals surface area contributed by atoms with Gasteiger partial charge in [0.2, 0.25) is 0 Å². The molecule has 252 valence electrons. The van der Waals surface area contributed by atoms with Crippen LogP contribution in [0.4, 0.5) is 0 Å². The molecule has 0 saturated carbocycles. The van der Waals surface area contributed by atoms with E-state index in [1.165, 1.54) is 44.8 Å². The fourth-order valence-corrected chi connectivity index (χ4v) is 8.07. The minimum absolute atomic E-state index is 0.874. The van der Waals surface area contributed by atoms with Crippen molar-refractivity contribution in [2.24, 2.45) is 0 Å². The first-order valence-corrected chi connectivity index (χ1v) is 18.1. The number of rotatable bonds is 4. The molecule has 0 fully saturated rings. The number of H-pyrrole nitrogens is 2. The molecule has 0 saturated heterocycles. The number of nitrogens with one attached hydrogen (secondary N) is 2. The second kappa shape index (κ2) is 12.8. The molecule has 0 atom stereocenters. The lowest BCUT2D eigenvalue weighted by atomic mass is 9.95. The summed E-state index contributed by atoms with van der Waals surface area (Å²) in [5.41, 5.74) is 22.2. The van der Waals surface area contributed by atoms with E-state index >= 15 is 0 Å². The average molecular weight is 673 g/mol. The highest BCUT2D eigenvalue weighted by Crippen LogP contribution is 2.40. The van der Waals surface area contributed by atoms with Crippen LogP contribution in [0.5, 0.6) is 0 Å². The maximum Gasteiger partial charge on any atom is 0.0737 e. The van der Waals surface area contributed by atoms with Crippen molar-refractivity contribution in [2.75, 3.05) is 0 Å². The van der Waals surface area contributed by atoms with Crippen molar-refractivity contribution in [3.8, 4) is 44.5 Å². The van der Waals surface area contributed by atoms with Crippen molar-refractivity contribution in [3.05, 3.63) is 166 Å². The molecule has 4 nitrogen and oxygen atoms in total. The van der Waals surface area contributed by atoms with Crippen LogP contribution >= 0.6 is 0 Å². The molecular weight excluding hydrogens is 633 g/mol. The van der Waals surface area contributed by atoms with Crippen molar-refractivity contribution in [2.45, 2.75) is 40.5 Å². The third-order valence-corrected chi connectivity index (χ3v) is 10.7. The Morgan fingerprint density at radius 1 is 0.365 bits per heavy atom. The molecule has 9 rings (SSSR count). The maximum absolute atomic E-state index is 5.49. The van der Waals surface area contributed by atoms with E-state index in [9.17, 15) is 0 Å². The number of benzene rings is 4. The standard InChI is InChI=1S/C48H40N4/c1-29-13-5-9-17-33(29)45-37-21-23-39(49-37)46(34-18-10-6-14-30(34)2)41-25-27-43(51-41)48(36-20-12-8-16-32(36)4)44-28-26-42(52-44)47(40-24-22-38(45)50-40)35-19-11-7-15-31(35)3/h5-25,27,49,52H,26,28H2,1-4H3. The topological polar surface area (TPSA) is 57.4 Å². The van der Waals surface area contributed by atoms with E-state index in [2.05, 4.69) is 171 Å². The fourth-order valence-electron chi connectivity index (χ4n) is 8.07. The van der Waals surface area contributed by atoms with Crippen molar-refractivity contribution in [1.82, 2.24) is 19.9 Å². The lowest BCUT2D eigenvalue weighted by Crippen LogP contribution is -1.94. The summed E-state index contributed by atoms with van der Waals surface area (Å²) in [6.07, 6.45) is 10.5. The second-order valence-corrected chi connectivity index (χ2v) is 14.1. The Balaban J connectivity index is 1.50. The van der Waals surface area contributed by atoms with Crippen molar-refractivity contribution in [1.29, 1.82) is 0 Å². The molecule has 8 bridgehead atoms. The van der Waals surface area contributed by atoms with Gasteiger partial charge in [-0.25, -0.2) is 9.97 Å². The lowest BCUT2D eigenvalue weighted by Gasteiger charge is -2.11. The summed E-state index contributed by atoms with van der Waals surface area (Å²) >= 11 is 0. The van der Waals surface area contributed by atoms with Gasteiger partial charge in [0.25, 0.3) is 0 Å². The van der Waals surface area contributed by atoms with Gasteiger partial charge in [-0.3, -0.25) is 0 Å². The number of aromatic amines is 2. The summed E-state index contributed by atoms with van der Waals surface area (Å²) in [5.74, 6) is 0. The van der Waals surface area contributed by atoms with Gasteiger partial charge in [-0.15, -0.1) is 0 Å². The molecule has 0 unspecified atom stereocenters. The molecule has 4 heteroatoms. The molecule has 4 aromatic carbocycles. The van der Waals surface area contributed by atoms with Crippen LogP contribution in [0.2, 0.25) is 0 Å². The molecule has 52 heavy (non-hydrogen) atoms. The van der Waals surface area contributed by atoms with E-state index in [0.29, 0.717) is 0 Å². The van der Waals surface area contributed by atoms with E-state index in [1.54, 1.807) is 0 Å². The number of hydrogen-bond acceptors (Lipinski definition) is 2. The largest absolute Gasteiger partial charge is 0.361 e. The third-order valence-electron chi connectivity index (χ3n) is 10.7. The Morgan fingerprint density at radius 2 is 0.673 bits per heavy atom. The van der Waals surface area contributed by atoms with Gasteiger partial charge in [-0.1, -0.05) is 97.1 Å². The zero-order valence-electron chi connectivity index (χ0n) is 30.0. The number of hydrogen-bond donors (Lipinski definition) is 2. The number of aryl methyl sites for hydroxylation is 6. The van der Waals surface area contributed by atoms with Gasteiger partial charge in [0.1, 0.15) is 0 Å². The average Bonchev–Trinajstić information content (AvgIpc) is 3.99. The predicted molar refractivity (Wildman–Crippen MR) is 218 cm³/mol. The van der Waals surface area contributed by atoms with Crippen molar-refractivity contribution >= 4 is 35.3 Å². The van der Waals surface area contributed by atoms with E-state index in [4.69, 9.17) is 9.97 Å². The van der Waals surface area contributed by atoms with Gasteiger partial charge in [0.15, 0.2) is 0 Å². The second-order valence-electron chi connectivity index (χ2n) is 14.1. The Labute approximate surface area is 305 Å². The zero-order chi connectivity index (χ0) is 35.3. The molecule has 0 aliphatic carbocycles. The SMILES string of the molecule is Cc1ccccc1-c1c2nc(c(-c3ccccc3C)c3ccc([nH]3)c(-c3ccccc3C)c3nc(c(-c4ccccc4C)c4[nH]c1CC4)C=C3)C=C2. The molecule has 0 radical (unpaired) electrons. The van der Waals surface area contributed by atoms with Gasteiger partial charge in [0.05, 0.1) is 22.8 Å². The van der Waals surface area contributed by atoms with Crippen LogP contribution in [0.3, 0.4) is 0 Å². The summed E-state index contributed by atoms with van der Waals surface area (Å²) in [4.78, 5) is 18.9. The normalized spacial score (nSPS) is 12.7. The molecule has 3 aliphatic rings.